The summed E-state index contributed by atoms with van der Waals surface area (Å²) in [5.41, 5.74) is 1.01. The van der Waals surface area contributed by atoms with Gasteiger partial charge in [0.1, 0.15) is 12.6 Å². The van der Waals surface area contributed by atoms with Crippen molar-refractivity contribution in [1.82, 2.24) is 15.1 Å². The summed E-state index contributed by atoms with van der Waals surface area (Å²) in [4.78, 5) is 52.3. The van der Waals surface area contributed by atoms with E-state index in [2.05, 4.69) is 10.1 Å². The van der Waals surface area contributed by atoms with Gasteiger partial charge in [-0.2, -0.15) is 8.78 Å². The van der Waals surface area contributed by atoms with Gasteiger partial charge in [0.05, 0.1) is 19.0 Å². The maximum Gasteiger partial charge on any atom is 0.305 e. The molecule has 0 radical (unpaired) electrons. The molecule has 13 heteroatoms. The topological polar surface area (TPSA) is 116 Å². The standard InChI is InChI=1S/C25H25F4N3O6/c1-14-25(37)32(8-7-31(14)11-15-5-3-2-4-6-15)12-20(34)30-18(10-21(35)36)19(33)13-38-24-22(28)16(26)9-17(27)23(24)29/h2-6,9,14,18H,7-8,10-13H2,1H3,(H,30,34)(H,35,36)/t14-,18-/m0/s1. The van der Waals surface area contributed by atoms with E-state index in [-0.39, 0.29) is 18.5 Å². The van der Waals surface area contributed by atoms with E-state index < -0.39 is 78.3 Å². The number of hydrogen-bond acceptors (Lipinski definition) is 6. The predicted octanol–water partition coefficient (Wildman–Crippen LogP) is 1.88. The fraction of sp³-hybridized carbons (Fsp3) is 0.360. The molecule has 3 rings (SSSR count). The van der Waals surface area contributed by atoms with Crippen LogP contribution in [0.2, 0.25) is 0 Å². The van der Waals surface area contributed by atoms with Crippen LogP contribution in [-0.4, -0.2) is 76.8 Å². The van der Waals surface area contributed by atoms with E-state index in [0.29, 0.717) is 13.1 Å². The van der Waals surface area contributed by atoms with E-state index >= 15 is 0 Å². The van der Waals surface area contributed by atoms with Crippen LogP contribution in [0.1, 0.15) is 18.9 Å². The number of aliphatic carboxylic acids is 1. The molecule has 0 aromatic heterocycles. The van der Waals surface area contributed by atoms with Crippen molar-refractivity contribution in [2.45, 2.75) is 32.0 Å². The fourth-order valence-corrected chi connectivity index (χ4v) is 3.92. The van der Waals surface area contributed by atoms with Crippen molar-refractivity contribution in [3.05, 3.63) is 65.2 Å². The van der Waals surface area contributed by atoms with Crippen LogP contribution in [0.4, 0.5) is 17.6 Å². The molecule has 2 aromatic carbocycles. The number of benzene rings is 2. The number of hydrogen-bond donors (Lipinski definition) is 2. The Balaban J connectivity index is 1.59. The minimum atomic E-state index is -1.88. The molecule has 1 fully saturated rings. The molecular weight excluding hydrogens is 514 g/mol. The molecule has 1 heterocycles. The molecule has 0 bridgehead atoms. The number of rotatable bonds is 11. The van der Waals surface area contributed by atoms with Gasteiger partial charge in [-0.05, 0) is 12.5 Å². The molecule has 1 saturated heterocycles. The molecule has 0 saturated carbocycles. The molecule has 0 aliphatic carbocycles. The molecule has 2 N–H and O–H groups in total. The number of piperazine rings is 1. The monoisotopic (exact) mass is 539 g/mol. The van der Waals surface area contributed by atoms with Gasteiger partial charge in [-0.25, -0.2) is 8.78 Å². The number of Topliss-reactive ketones (excluding diaryl/α,β-unsaturated/α-hetero) is 1. The van der Waals surface area contributed by atoms with Crippen molar-refractivity contribution >= 4 is 23.6 Å². The molecule has 1 aliphatic heterocycles. The molecule has 2 atom stereocenters. The van der Waals surface area contributed by atoms with Crippen LogP contribution in [-0.2, 0) is 25.7 Å². The van der Waals surface area contributed by atoms with Gasteiger partial charge in [0.15, 0.2) is 23.2 Å². The van der Waals surface area contributed by atoms with Crippen molar-refractivity contribution in [3.8, 4) is 5.75 Å². The third-order valence-electron chi connectivity index (χ3n) is 5.97. The first-order valence-corrected chi connectivity index (χ1v) is 11.5. The number of carbonyl (C=O) groups is 4. The Morgan fingerprint density at radius 1 is 1.08 bits per heavy atom. The third kappa shape index (κ3) is 7.06. The Kier molecular flexibility index (Phi) is 9.40. The zero-order valence-corrected chi connectivity index (χ0v) is 20.3. The highest BCUT2D eigenvalue weighted by Crippen LogP contribution is 2.26. The number of nitrogens with one attached hydrogen (secondary N) is 1. The van der Waals surface area contributed by atoms with Gasteiger partial charge in [-0.15, -0.1) is 0 Å². The minimum Gasteiger partial charge on any atom is -0.481 e. The number of ketones is 1. The largest absolute Gasteiger partial charge is 0.481 e. The second kappa shape index (κ2) is 12.5. The van der Waals surface area contributed by atoms with E-state index in [9.17, 15) is 36.7 Å². The van der Waals surface area contributed by atoms with Crippen LogP contribution in [0, 0.1) is 23.3 Å². The molecule has 1 aliphatic rings. The highest BCUT2D eigenvalue weighted by atomic mass is 19.2. The normalized spacial score (nSPS) is 16.7. The van der Waals surface area contributed by atoms with Gasteiger partial charge >= 0.3 is 5.97 Å². The zero-order valence-electron chi connectivity index (χ0n) is 20.3. The van der Waals surface area contributed by atoms with Crippen LogP contribution in [0.25, 0.3) is 0 Å². The summed E-state index contributed by atoms with van der Waals surface area (Å²) in [7, 11) is 0. The van der Waals surface area contributed by atoms with Crippen LogP contribution >= 0.6 is 0 Å². The van der Waals surface area contributed by atoms with E-state index in [1.807, 2.05) is 35.2 Å². The number of carboxylic acid groups (broad SMARTS) is 1. The first kappa shape index (κ1) is 28.6. The molecule has 0 unspecified atom stereocenters. The molecule has 2 aromatic rings. The van der Waals surface area contributed by atoms with E-state index in [0.717, 1.165) is 5.56 Å². The molecule has 204 valence electrons. The molecule has 0 spiro atoms. The summed E-state index contributed by atoms with van der Waals surface area (Å²) in [5.74, 6) is -12.6. The highest BCUT2D eigenvalue weighted by molar-refractivity contribution is 5.94. The SMILES string of the molecule is C[C@H]1C(=O)N(CC(=O)N[C@@H](CC(=O)O)C(=O)COc2c(F)c(F)cc(F)c2F)CCN1Cc1ccccc1. The summed E-state index contributed by atoms with van der Waals surface area (Å²) < 4.78 is 58.8. The second-order valence-electron chi connectivity index (χ2n) is 8.66. The van der Waals surface area contributed by atoms with Crippen LogP contribution in [0.3, 0.4) is 0 Å². The Morgan fingerprint density at radius 3 is 2.32 bits per heavy atom. The first-order valence-electron chi connectivity index (χ1n) is 11.5. The highest BCUT2D eigenvalue weighted by Gasteiger charge is 2.33. The lowest BCUT2D eigenvalue weighted by Gasteiger charge is -2.39. The van der Waals surface area contributed by atoms with Crippen LogP contribution in [0.5, 0.6) is 5.75 Å². The first-order chi connectivity index (χ1) is 18.0. The summed E-state index contributed by atoms with van der Waals surface area (Å²) in [5, 5.41) is 11.3. The van der Waals surface area contributed by atoms with Gasteiger partial charge in [-0.1, -0.05) is 30.3 Å². The number of halogens is 4. The Hall–Kier alpha value is -4.00. The van der Waals surface area contributed by atoms with Crippen molar-refractivity contribution in [2.75, 3.05) is 26.2 Å². The van der Waals surface area contributed by atoms with Crippen LogP contribution < -0.4 is 10.1 Å². The maximum absolute atomic E-state index is 13.8. The van der Waals surface area contributed by atoms with Crippen LogP contribution in [0.15, 0.2) is 36.4 Å². The van der Waals surface area contributed by atoms with Crippen molar-refractivity contribution < 1.29 is 46.6 Å². The maximum atomic E-state index is 13.8. The summed E-state index contributed by atoms with van der Waals surface area (Å²) in [6.07, 6.45) is -0.911. The van der Waals surface area contributed by atoms with Crippen molar-refractivity contribution in [1.29, 1.82) is 0 Å². The van der Waals surface area contributed by atoms with Gasteiger partial charge in [0.25, 0.3) is 0 Å². The number of nitrogens with zero attached hydrogens (tertiary/aromatic N) is 2. The lowest BCUT2D eigenvalue weighted by Crippen LogP contribution is -2.58. The van der Waals surface area contributed by atoms with Crippen molar-refractivity contribution in [2.24, 2.45) is 0 Å². The van der Waals surface area contributed by atoms with Gasteiger partial charge < -0.3 is 20.1 Å². The summed E-state index contributed by atoms with van der Waals surface area (Å²) in [6, 6.07) is 7.20. The molecule has 9 nitrogen and oxygen atoms in total. The predicted molar refractivity (Wildman–Crippen MR) is 124 cm³/mol. The summed E-state index contributed by atoms with van der Waals surface area (Å²) in [6.45, 7) is 1.22. The third-order valence-corrected chi connectivity index (χ3v) is 5.97. The molecule has 38 heavy (non-hydrogen) atoms. The van der Waals surface area contributed by atoms with Crippen molar-refractivity contribution in [3.63, 3.8) is 0 Å². The molecular formula is C25H25F4N3O6. The fourth-order valence-electron chi connectivity index (χ4n) is 3.92. The number of carboxylic acids is 1. The zero-order chi connectivity index (χ0) is 28.0. The van der Waals surface area contributed by atoms with E-state index in [1.54, 1.807) is 6.92 Å². The number of carbonyl (C=O) groups excluding carboxylic acids is 3. The van der Waals surface area contributed by atoms with Gasteiger partial charge in [0, 0.05) is 25.7 Å². The van der Waals surface area contributed by atoms with E-state index in [1.165, 1.54) is 4.90 Å². The lowest BCUT2D eigenvalue weighted by atomic mass is 10.1. The van der Waals surface area contributed by atoms with E-state index in [4.69, 9.17) is 5.11 Å². The quantitative estimate of drug-likeness (QED) is 0.331. The number of amides is 2. The second-order valence-corrected chi connectivity index (χ2v) is 8.66. The molecule has 2 amide bonds. The smallest absolute Gasteiger partial charge is 0.305 e. The average Bonchev–Trinajstić information content (AvgIpc) is 2.87. The Bertz CT molecular complexity index is 1190. The number of ether oxygens (including phenoxy) is 1. The Morgan fingerprint density at radius 2 is 1.71 bits per heavy atom. The van der Waals surface area contributed by atoms with Gasteiger partial charge in [-0.3, -0.25) is 24.1 Å². The Labute approximate surface area is 215 Å². The minimum absolute atomic E-state index is 0.0452. The summed E-state index contributed by atoms with van der Waals surface area (Å²) >= 11 is 0. The lowest BCUT2D eigenvalue weighted by molar-refractivity contribution is -0.145. The average molecular weight is 539 g/mol. The van der Waals surface area contributed by atoms with Gasteiger partial charge in [0.2, 0.25) is 23.4 Å².